The Kier molecular flexibility index (Phi) is 4.07. The molecule has 2 aromatic rings. The fraction of sp³-hybridized carbons (Fsp3) is 0.357. The fourth-order valence-corrected chi connectivity index (χ4v) is 1.96. The molecule has 0 aliphatic heterocycles. The maximum atomic E-state index is 6.19. The molecule has 0 saturated heterocycles. The van der Waals surface area contributed by atoms with Crippen molar-refractivity contribution in [2.45, 2.75) is 19.4 Å². The van der Waals surface area contributed by atoms with Gasteiger partial charge >= 0.3 is 0 Å². The van der Waals surface area contributed by atoms with Crippen molar-refractivity contribution in [3.63, 3.8) is 0 Å². The highest BCUT2D eigenvalue weighted by atomic mass is 16.5. The van der Waals surface area contributed by atoms with Gasteiger partial charge in [0.05, 0.1) is 5.52 Å². The smallest absolute Gasteiger partial charge is 0.0705 e. The summed E-state index contributed by atoms with van der Waals surface area (Å²) < 4.78 is 5.34. The van der Waals surface area contributed by atoms with Crippen LogP contribution in [-0.2, 0) is 4.74 Å². The van der Waals surface area contributed by atoms with E-state index in [1.165, 1.54) is 0 Å². The van der Waals surface area contributed by atoms with Crippen molar-refractivity contribution in [3.05, 3.63) is 42.1 Å². The number of pyridine rings is 1. The molecule has 0 fully saturated rings. The summed E-state index contributed by atoms with van der Waals surface area (Å²) in [5, 5.41) is 1.14. The molecule has 1 aromatic heterocycles. The Bertz CT molecular complexity index is 479. The summed E-state index contributed by atoms with van der Waals surface area (Å²) in [6, 6.07) is 10.1. The monoisotopic (exact) mass is 230 g/mol. The normalized spacial score (nSPS) is 12.8. The van der Waals surface area contributed by atoms with Crippen LogP contribution in [0.3, 0.4) is 0 Å². The molecule has 1 atom stereocenters. The van der Waals surface area contributed by atoms with Crippen molar-refractivity contribution in [1.29, 1.82) is 0 Å². The van der Waals surface area contributed by atoms with Crippen molar-refractivity contribution >= 4 is 10.9 Å². The van der Waals surface area contributed by atoms with E-state index in [2.05, 4.69) is 17.1 Å². The molecule has 2 rings (SSSR count). The minimum Gasteiger partial charge on any atom is -0.382 e. The number of ether oxygens (including phenoxy) is 1. The average Bonchev–Trinajstić information content (AvgIpc) is 2.38. The number of nitrogens with two attached hydrogens (primary N) is 1. The van der Waals surface area contributed by atoms with Crippen molar-refractivity contribution in [1.82, 2.24) is 4.98 Å². The number of rotatable bonds is 5. The van der Waals surface area contributed by atoms with E-state index in [4.69, 9.17) is 10.5 Å². The Hall–Kier alpha value is -1.45. The van der Waals surface area contributed by atoms with E-state index in [0.717, 1.165) is 29.5 Å². The molecule has 0 spiro atoms. The van der Waals surface area contributed by atoms with E-state index < -0.39 is 0 Å². The first kappa shape index (κ1) is 12.0. The van der Waals surface area contributed by atoms with Gasteiger partial charge in [-0.05, 0) is 31.0 Å². The number of aromatic nitrogens is 1. The zero-order valence-corrected chi connectivity index (χ0v) is 10.1. The Morgan fingerprint density at radius 1 is 1.29 bits per heavy atom. The molecule has 0 aliphatic carbocycles. The summed E-state index contributed by atoms with van der Waals surface area (Å²) in [6.07, 6.45) is 2.64. The van der Waals surface area contributed by atoms with Gasteiger partial charge in [-0.2, -0.15) is 0 Å². The lowest BCUT2D eigenvalue weighted by Gasteiger charge is -2.14. The van der Waals surface area contributed by atoms with Gasteiger partial charge in [-0.1, -0.05) is 18.2 Å². The van der Waals surface area contributed by atoms with Crippen molar-refractivity contribution in [2.24, 2.45) is 5.73 Å². The molecule has 0 amide bonds. The molecular weight excluding hydrogens is 212 g/mol. The van der Waals surface area contributed by atoms with Gasteiger partial charge in [0.25, 0.3) is 0 Å². The SMILES string of the molecule is CCOCCC(N)c1cccc2ncccc12. The third kappa shape index (κ3) is 2.81. The third-order valence-corrected chi connectivity index (χ3v) is 2.86. The van der Waals surface area contributed by atoms with Gasteiger partial charge < -0.3 is 10.5 Å². The topological polar surface area (TPSA) is 48.1 Å². The van der Waals surface area contributed by atoms with E-state index in [0.29, 0.717) is 6.61 Å². The molecular formula is C14H18N2O. The highest BCUT2D eigenvalue weighted by Gasteiger charge is 2.09. The predicted octanol–water partition coefficient (Wildman–Crippen LogP) is 2.66. The Morgan fingerprint density at radius 3 is 3.00 bits per heavy atom. The molecule has 90 valence electrons. The lowest BCUT2D eigenvalue weighted by molar-refractivity contribution is 0.140. The number of hydrogen-bond acceptors (Lipinski definition) is 3. The Balaban J connectivity index is 2.22. The lowest BCUT2D eigenvalue weighted by Crippen LogP contribution is -2.13. The summed E-state index contributed by atoms with van der Waals surface area (Å²) in [5.41, 5.74) is 8.34. The lowest BCUT2D eigenvalue weighted by atomic mass is 10.00. The average molecular weight is 230 g/mol. The van der Waals surface area contributed by atoms with Crippen LogP contribution in [0.5, 0.6) is 0 Å². The second-order valence-corrected chi connectivity index (χ2v) is 4.01. The van der Waals surface area contributed by atoms with Crippen molar-refractivity contribution in [2.75, 3.05) is 13.2 Å². The number of fused-ring (bicyclic) bond motifs is 1. The van der Waals surface area contributed by atoms with Crippen LogP contribution in [0.4, 0.5) is 0 Å². The first-order valence-electron chi connectivity index (χ1n) is 6.00. The van der Waals surface area contributed by atoms with Gasteiger partial charge in [-0.3, -0.25) is 4.98 Å². The third-order valence-electron chi connectivity index (χ3n) is 2.86. The number of benzene rings is 1. The van der Waals surface area contributed by atoms with Gasteiger partial charge in [0.15, 0.2) is 0 Å². The highest BCUT2D eigenvalue weighted by molar-refractivity contribution is 5.82. The summed E-state index contributed by atoms with van der Waals surface area (Å²) in [7, 11) is 0. The van der Waals surface area contributed by atoms with Gasteiger partial charge in [0, 0.05) is 30.8 Å². The molecule has 0 radical (unpaired) electrons. The molecule has 17 heavy (non-hydrogen) atoms. The van der Waals surface area contributed by atoms with Crippen LogP contribution >= 0.6 is 0 Å². The summed E-state index contributed by atoms with van der Waals surface area (Å²) in [4.78, 5) is 4.33. The molecule has 0 bridgehead atoms. The number of hydrogen-bond donors (Lipinski definition) is 1. The Labute approximate surface area is 102 Å². The van der Waals surface area contributed by atoms with Crippen LogP contribution in [0.2, 0.25) is 0 Å². The van der Waals surface area contributed by atoms with E-state index in [1.54, 1.807) is 6.20 Å². The zero-order valence-electron chi connectivity index (χ0n) is 10.1. The Morgan fingerprint density at radius 2 is 2.18 bits per heavy atom. The van der Waals surface area contributed by atoms with Crippen molar-refractivity contribution in [3.8, 4) is 0 Å². The maximum absolute atomic E-state index is 6.19. The first-order chi connectivity index (χ1) is 8.33. The van der Waals surface area contributed by atoms with E-state index in [1.807, 2.05) is 25.1 Å². The predicted molar refractivity (Wildman–Crippen MR) is 69.8 cm³/mol. The van der Waals surface area contributed by atoms with E-state index in [-0.39, 0.29) is 6.04 Å². The molecule has 1 aromatic carbocycles. The zero-order chi connectivity index (χ0) is 12.1. The highest BCUT2D eigenvalue weighted by Crippen LogP contribution is 2.23. The summed E-state index contributed by atoms with van der Waals surface area (Å²) in [5.74, 6) is 0. The second kappa shape index (κ2) is 5.75. The van der Waals surface area contributed by atoms with Crippen LogP contribution in [0.25, 0.3) is 10.9 Å². The molecule has 1 heterocycles. The van der Waals surface area contributed by atoms with E-state index >= 15 is 0 Å². The van der Waals surface area contributed by atoms with Crippen LogP contribution in [-0.4, -0.2) is 18.2 Å². The van der Waals surface area contributed by atoms with Gasteiger partial charge in [-0.25, -0.2) is 0 Å². The minimum atomic E-state index is 0.00875. The van der Waals surface area contributed by atoms with Crippen LogP contribution < -0.4 is 5.73 Å². The van der Waals surface area contributed by atoms with Gasteiger partial charge in [-0.15, -0.1) is 0 Å². The molecule has 1 unspecified atom stereocenters. The van der Waals surface area contributed by atoms with Crippen LogP contribution in [0.1, 0.15) is 24.9 Å². The first-order valence-corrected chi connectivity index (χ1v) is 6.00. The summed E-state index contributed by atoms with van der Waals surface area (Å²) >= 11 is 0. The number of nitrogens with zero attached hydrogens (tertiary/aromatic N) is 1. The summed E-state index contributed by atoms with van der Waals surface area (Å²) in [6.45, 7) is 3.44. The standard InChI is InChI=1S/C14H18N2O/c1-2-17-10-8-13(15)11-5-3-7-14-12(11)6-4-9-16-14/h3-7,9,13H,2,8,10,15H2,1H3. The molecule has 0 aliphatic rings. The maximum Gasteiger partial charge on any atom is 0.0705 e. The van der Waals surface area contributed by atoms with Gasteiger partial charge in [0.2, 0.25) is 0 Å². The quantitative estimate of drug-likeness (QED) is 0.803. The van der Waals surface area contributed by atoms with Crippen LogP contribution in [0, 0.1) is 0 Å². The minimum absolute atomic E-state index is 0.00875. The van der Waals surface area contributed by atoms with Gasteiger partial charge in [0.1, 0.15) is 0 Å². The molecule has 0 saturated carbocycles. The fourth-order valence-electron chi connectivity index (χ4n) is 1.96. The van der Waals surface area contributed by atoms with Crippen LogP contribution in [0.15, 0.2) is 36.5 Å². The molecule has 2 N–H and O–H groups in total. The molecule has 3 nitrogen and oxygen atoms in total. The largest absolute Gasteiger partial charge is 0.382 e. The second-order valence-electron chi connectivity index (χ2n) is 4.01. The molecule has 3 heteroatoms. The van der Waals surface area contributed by atoms with E-state index in [9.17, 15) is 0 Å². The van der Waals surface area contributed by atoms with Crippen molar-refractivity contribution < 1.29 is 4.74 Å².